The summed E-state index contributed by atoms with van der Waals surface area (Å²) in [7, 11) is 0. The highest BCUT2D eigenvalue weighted by atomic mass is 35.5. The summed E-state index contributed by atoms with van der Waals surface area (Å²) in [5, 5.41) is 24.9. The van der Waals surface area contributed by atoms with Crippen molar-refractivity contribution in [3.8, 4) is 0 Å². The monoisotopic (exact) mass is 328 g/mol. The van der Waals surface area contributed by atoms with Gasteiger partial charge in [0.2, 0.25) is 0 Å². The molecule has 1 saturated heterocycles. The summed E-state index contributed by atoms with van der Waals surface area (Å²) in [6, 6.07) is 5.03. The fourth-order valence-electron chi connectivity index (χ4n) is 2.30. The molecule has 1 aliphatic heterocycles. The summed E-state index contributed by atoms with van der Waals surface area (Å²) < 4.78 is 5.51. The molecule has 1 aliphatic rings. The van der Waals surface area contributed by atoms with Crippen molar-refractivity contribution in [2.24, 2.45) is 0 Å². The van der Waals surface area contributed by atoms with Crippen molar-refractivity contribution in [3.63, 3.8) is 0 Å². The molecule has 4 N–H and O–H groups in total. The molecule has 0 aliphatic carbocycles. The number of carboxylic acid groups (broad SMARTS) is 1. The van der Waals surface area contributed by atoms with Crippen molar-refractivity contribution in [1.29, 1.82) is 0 Å². The molecule has 1 heterocycles. The van der Waals surface area contributed by atoms with Crippen LogP contribution in [0.5, 0.6) is 0 Å². The molecule has 0 radical (unpaired) electrons. The van der Waals surface area contributed by atoms with Crippen LogP contribution in [0.1, 0.15) is 23.2 Å². The Hall–Kier alpha value is -1.50. The number of carbonyl (C=O) groups is 1. The second-order valence-corrected chi connectivity index (χ2v) is 5.58. The Morgan fingerprint density at radius 3 is 2.91 bits per heavy atom. The van der Waals surface area contributed by atoms with E-state index in [0.29, 0.717) is 17.9 Å². The lowest BCUT2D eigenvalue weighted by molar-refractivity contribution is 0.0697. The van der Waals surface area contributed by atoms with Crippen molar-refractivity contribution in [1.82, 2.24) is 0 Å². The average molecular weight is 329 g/mol. The quantitative estimate of drug-likeness (QED) is 0.546. The van der Waals surface area contributed by atoms with Gasteiger partial charge in [-0.05, 0) is 31.0 Å². The van der Waals surface area contributed by atoms with Gasteiger partial charge in [-0.2, -0.15) is 0 Å². The zero-order chi connectivity index (χ0) is 15.9. The molecule has 0 saturated carbocycles. The van der Waals surface area contributed by atoms with Gasteiger partial charge in [0.05, 0.1) is 23.7 Å². The molecule has 6 nitrogen and oxygen atoms in total. The van der Waals surface area contributed by atoms with E-state index in [9.17, 15) is 15.0 Å². The zero-order valence-corrected chi connectivity index (χ0v) is 13.0. The number of rotatable bonds is 8. The predicted octanol–water partition coefficient (Wildman–Crippen LogP) is 1.99. The van der Waals surface area contributed by atoms with Crippen LogP contribution >= 0.6 is 11.6 Å². The van der Waals surface area contributed by atoms with Gasteiger partial charge in [0.15, 0.2) is 0 Å². The van der Waals surface area contributed by atoms with E-state index in [2.05, 4.69) is 10.6 Å². The third kappa shape index (κ3) is 4.76. The standard InChI is InChI=1S/C15H21ClN2O4/c16-7-11(19)8-17-10-3-4-14(13(6-10)15(20)21)18-9-12-2-1-5-22-12/h3-4,6,11-12,17-19H,1-2,5,7-9H2,(H,20,21). The molecule has 22 heavy (non-hydrogen) atoms. The van der Waals surface area contributed by atoms with E-state index in [-0.39, 0.29) is 24.1 Å². The number of carboxylic acids is 1. The summed E-state index contributed by atoms with van der Waals surface area (Å²) >= 11 is 5.52. The summed E-state index contributed by atoms with van der Waals surface area (Å²) in [5.74, 6) is -0.879. The number of hydrogen-bond acceptors (Lipinski definition) is 5. The molecule has 122 valence electrons. The first-order valence-corrected chi connectivity index (χ1v) is 7.84. The Morgan fingerprint density at radius 2 is 2.27 bits per heavy atom. The third-order valence-electron chi connectivity index (χ3n) is 3.51. The lowest BCUT2D eigenvalue weighted by Gasteiger charge is -2.16. The molecule has 0 spiro atoms. The molecule has 1 aromatic carbocycles. The molecule has 2 unspecified atom stereocenters. The van der Waals surface area contributed by atoms with E-state index in [1.165, 1.54) is 0 Å². The highest BCUT2D eigenvalue weighted by Crippen LogP contribution is 2.22. The predicted molar refractivity (Wildman–Crippen MR) is 86.1 cm³/mol. The lowest BCUT2D eigenvalue weighted by Crippen LogP contribution is -2.21. The average Bonchev–Trinajstić information content (AvgIpc) is 3.04. The number of aliphatic hydroxyl groups excluding tert-OH is 1. The van der Waals surface area contributed by atoms with Crippen LogP contribution in [0.2, 0.25) is 0 Å². The maximum absolute atomic E-state index is 11.4. The third-order valence-corrected chi connectivity index (χ3v) is 3.87. The molecular formula is C15H21ClN2O4. The summed E-state index contributed by atoms with van der Waals surface area (Å²) in [4.78, 5) is 11.4. The Morgan fingerprint density at radius 1 is 1.45 bits per heavy atom. The Labute approximate surface area is 134 Å². The van der Waals surface area contributed by atoms with E-state index in [1.807, 2.05) is 0 Å². The maximum atomic E-state index is 11.4. The van der Waals surface area contributed by atoms with Gasteiger partial charge in [-0.25, -0.2) is 4.79 Å². The highest BCUT2D eigenvalue weighted by Gasteiger charge is 2.17. The molecule has 0 aromatic heterocycles. The van der Waals surface area contributed by atoms with Gasteiger partial charge in [-0.3, -0.25) is 0 Å². The van der Waals surface area contributed by atoms with Gasteiger partial charge < -0.3 is 25.6 Å². The van der Waals surface area contributed by atoms with Gasteiger partial charge in [0.1, 0.15) is 0 Å². The summed E-state index contributed by atoms with van der Waals surface area (Å²) in [6.45, 7) is 1.63. The highest BCUT2D eigenvalue weighted by molar-refractivity contribution is 6.18. The SMILES string of the molecule is O=C(O)c1cc(NCC(O)CCl)ccc1NCC1CCCO1. The van der Waals surface area contributed by atoms with Gasteiger partial charge >= 0.3 is 5.97 Å². The first-order chi connectivity index (χ1) is 10.6. The van der Waals surface area contributed by atoms with Crippen molar-refractivity contribution < 1.29 is 19.7 Å². The minimum absolute atomic E-state index is 0.125. The van der Waals surface area contributed by atoms with E-state index in [1.54, 1.807) is 18.2 Å². The molecule has 0 bridgehead atoms. The van der Waals surface area contributed by atoms with Gasteiger partial charge in [-0.1, -0.05) is 0 Å². The summed E-state index contributed by atoms with van der Waals surface area (Å²) in [6.07, 6.45) is 1.50. The van der Waals surface area contributed by atoms with Crippen LogP contribution in [0.3, 0.4) is 0 Å². The Balaban J connectivity index is 2.01. The van der Waals surface area contributed by atoms with Gasteiger partial charge in [0, 0.05) is 31.1 Å². The molecule has 2 rings (SSSR count). The van der Waals surface area contributed by atoms with Crippen LogP contribution in [0.15, 0.2) is 18.2 Å². The van der Waals surface area contributed by atoms with Crippen LogP contribution in [0.4, 0.5) is 11.4 Å². The number of benzene rings is 1. The fraction of sp³-hybridized carbons (Fsp3) is 0.533. The van der Waals surface area contributed by atoms with Crippen molar-refractivity contribution >= 4 is 28.9 Å². The number of aliphatic hydroxyl groups is 1. The first kappa shape index (κ1) is 16.9. The largest absolute Gasteiger partial charge is 0.478 e. The zero-order valence-electron chi connectivity index (χ0n) is 12.2. The molecule has 1 aromatic rings. The van der Waals surface area contributed by atoms with Crippen LogP contribution in [-0.4, -0.2) is 54.0 Å². The van der Waals surface area contributed by atoms with Crippen LogP contribution in [-0.2, 0) is 4.74 Å². The number of halogens is 1. The minimum Gasteiger partial charge on any atom is -0.478 e. The van der Waals surface area contributed by atoms with Crippen molar-refractivity contribution in [3.05, 3.63) is 23.8 Å². The molecule has 0 amide bonds. The van der Waals surface area contributed by atoms with Crippen molar-refractivity contribution in [2.75, 3.05) is 36.2 Å². The summed E-state index contributed by atoms with van der Waals surface area (Å²) in [5.41, 5.74) is 1.37. The van der Waals surface area contributed by atoms with E-state index in [0.717, 1.165) is 19.4 Å². The van der Waals surface area contributed by atoms with Crippen LogP contribution < -0.4 is 10.6 Å². The van der Waals surface area contributed by atoms with E-state index in [4.69, 9.17) is 16.3 Å². The van der Waals surface area contributed by atoms with Crippen LogP contribution in [0, 0.1) is 0 Å². The van der Waals surface area contributed by atoms with Crippen LogP contribution in [0.25, 0.3) is 0 Å². The molecular weight excluding hydrogens is 308 g/mol. The molecule has 7 heteroatoms. The lowest BCUT2D eigenvalue weighted by atomic mass is 10.1. The molecule has 1 fully saturated rings. The number of nitrogens with one attached hydrogen (secondary N) is 2. The second kappa shape index (κ2) is 8.22. The maximum Gasteiger partial charge on any atom is 0.337 e. The van der Waals surface area contributed by atoms with Gasteiger partial charge in [0.25, 0.3) is 0 Å². The first-order valence-electron chi connectivity index (χ1n) is 7.31. The number of ether oxygens (including phenoxy) is 1. The molecule has 2 atom stereocenters. The van der Waals surface area contributed by atoms with E-state index < -0.39 is 12.1 Å². The minimum atomic E-state index is -1.00. The topological polar surface area (TPSA) is 90.8 Å². The second-order valence-electron chi connectivity index (χ2n) is 5.27. The normalized spacial score (nSPS) is 18.9. The fourth-order valence-corrected chi connectivity index (χ4v) is 2.41. The van der Waals surface area contributed by atoms with Gasteiger partial charge in [-0.15, -0.1) is 11.6 Å². The van der Waals surface area contributed by atoms with Crippen molar-refractivity contribution in [2.45, 2.75) is 25.0 Å². The number of aromatic carboxylic acids is 1. The smallest absolute Gasteiger partial charge is 0.337 e. The number of alkyl halides is 1. The Kier molecular flexibility index (Phi) is 6.30. The number of hydrogen-bond donors (Lipinski definition) is 4. The number of anilines is 2. The van der Waals surface area contributed by atoms with E-state index >= 15 is 0 Å². The Bertz CT molecular complexity index is 506.